The summed E-state index contributed by atoms with van der Waals surface area (Å²) in [6, 6.07) is 5.02. The number of hydrogen-bond acceptors (Lipinski definition) is 5. The Hall–Kier alpha value is -1.17. The Bertz CT molecular complexity index is 429. The van der Waals surface area contributed by atoms with Gasteiger partial charge in [0.25, 0.3) is 0 Å². The average Bonchev–Trinajstić information content (AvgIpc) is 2.87. The molecule has 5 nitrogen and oxygen atoms in total. The van der Waals surface area contributed by atoms with Crippen molar-refractivity contribution >= 4 is 5.82 Å². The Labute approximate surface area is 141 Å². The van der Waals surface area contributed by atoms with Gasteiger partial charge in [-0.3, -0.25) is 4.90 Å². The van der Waals surface area contributed by atoms with Gasteiger partial charge in [-0.15, -0.1) is 0 Å². The molecule has 1 aliphatic rings. The SMILES string of the molecule is CCN(Cc1ccc(N(C)CCOC)nc1)C1CCCNCC1. The Balaban J connectivity index is 1.92. The third-order valence-corrected chi connectivity index (χ3v) is 4.68. The molecule has 2 heterocycles. The minimum Gasteiger partial charge on any atom is -0.383 e. The van der Waals surface area contributed by atoms with Crippen LogP contribution < -0.4 is 10.2 Å². The fraction of sp³-hybridized carbons (Fsp3) is 0.722. The van der Waals surface area contributed by atoms with Crippen LogP contribution in [0.25, 0.3) is 0 Å². The minimum absolute atomic E-state index is 0.694. The summed E-state index contributed by atoms with van der Waals surface area (Å²) in [4.78, 5) is 9.34. The molecule has 130 valence electrons. The lowest BCUT2D eigenvalue weighted by atomic mass is 10.1. The molecular weight excluding hydrogens is 288 g/mol. The third-order valence-electron chi connectivity index (χ3n) is 4.68. The first-order valence-corrected chi connectivity index (χ1v) is 8.84. The molecule has 23 heavy (non-hydrogen) atoms. The van der Waals surface area contributed by atoms with Gasteiger partial charge in [0.2, 0.25) is 0 Å². The van der Waals surface area contributed by atoms with Crippen molar-refractivity contribution in [3.63, 3.8) is 0 Å². The molecular formula is C18H32N4O. The van der Waals surface area contributed by atoms with Crippen molar-refractivity contribution in [2.24, 2.45) is 0 Å². The first kappa shape index (κ1) is 18.2. The lowest BCUT2D eigenvalue weighted by molar-refractivity contribution is 0.182. The number of likely N-dealkylation sites (N-methyl/N-ethyl adjacent to an activating group) is 1. The molecule has 0 bridgehead atoms. The fourth-order valence-electron chi connectivity index (χ4n) is 3.18. The second-order valence-electron chi connectivity index (χ2n) is 6.34. The van der Waals surface area contributed by atoms with E-state index in [1.807, 2.05) is 6.20 Å². The van der Waals surface area contributed by atoms with E-state index in [0.717, 1.165) is 45.1 Å². The van der Waals surface area contributed by atoms with Gasteiger partial charge in [-0.1, -0.05) is 13.0 Å². The van der Waals surface area contributed by atoms with Crippen molar-refractivity contribution in [3.05, 3.63) is 23.9 Å². The van der Waals surface area contributed by atoms with Gasteiger partial charge in [0.15, 0.2) is 0 Å². The summed E-state index contributed by atoms with van der Waals surface area (Å²) in [5.41, 5.74) is 1.30. The lowest BCUT2D eigenvalue weighted by Gasteiger charge is -2.30. The van der Waals surface area contributed by atoms with E-state index < -0.39 is 0 Å². The van der Waals surface area contributed by atoms with E-state index in [2.05, 4.69) is 46.2 Å². The highest BCUT2D eigenvalue weighted by atomic mass is 16.5. The van der Waals surface area contributed by atoms with Crippen molar-refractivity contribution in [3.8, 4) is 0 Å². The summed E-state index contributed by atoms with van der Waals surface area (Å²) >= 11 is 0. The van der Waals surface area contributed by atoms with Crippen LogP contribution in [0.4, 0.5) is 5.82 Å². The third kappa shape index (κ3) is 5.75. The van der Waals surface area contributed by atoms with Gasteiger partial charge >= 0.3 is 0 Å². The molecule has 1 aliphatic heterocycles. The molecule has 0 amide bonds. The van der Waals surface area contributed by atoms with Gasteiger partial charge in [-0.25, -0.2) is 4.98 Å². The predicted octanol–water partition coefficient (Wildman–Crippen LogP) is 2.13. The number of ether oxygens (including phenoxy) is 1. The maximum absolute atomic E-state index is 5.12. The molecule has 2 rings (SSSR count). The van der Waals surface area contributed by atoms with E-state index in [4.69, 9.17) is 4.74 Å². The van der Waals surface area contributed by atoms with Gasteiger partial charge in [0.05, 0.1) is 6.61 Å². The summed E-state index contributed by atoms with van der Waals surface area (Å²) in [6.45, 7) is 8.24. The molecule has 1 saturated heterocycles. The summed E-state index contributed by atoms with van der Waals surface area (Å²) in [5, 5.41) is 3.50. The zero-order valence-corrected chi connectivity index (χ0v) is 14.9. The summed E-state index contributed by atoms with van der Waals surface area (Å²) in [6.07, 6.45) is 5.85. The second-order valence-corrected chi connectivity index (χ2v) is 6.34. The van der Waals surface area contributed by atoms with Crippen LogP contribution in [-0.4, -0.2) is 62.9 Å². The molecule has 1 atom stereocenters. The van der Waals surface area contributed by atoms with Crippen LogP contribution >= 0.6 is 0 Å². The van der Waals surface area contributed by atoms with Gasteiger partial charge < -0.3 is 15.0 Å². The van der Waals surface area contributed by atoms with Crippen LogP contribution in [-0.2, 0) is 11.3 Å². The summed E-state index contributed by atoms with van der Waals surface area (Å²) < 4.78 is 5.12. The largest absolute Gasteiger partial charge is 0.383 e. The first-order chi connectivity index (χ1) is 11.2. The van der Waals surface area contributed by atoms with Crippen molar-refractivity contribution in [2.45, 2.75) is 38.8 Å². The number of nitrogens with zero attached hydrogens (tertiary/aromatic N) is 3. The summed E-state index contributed by atoms with van der Waals surface area (Å²) in [7, 11) is 3.78. The van der Waals surface area contributed by atoms with E-state index in [-0.39, 0.29) is 0 Å². The Morgan fingerprint density at radius 1 is 1.30 bits per heavy atom. The van der Waals surface area contributed by atoms with Crippen LogP contribution in [0.5, 0.6) is 0 Å². The molecule has 1 N–H and O–H groups in total. The predicted molar refractivity (Wildman–Crippen MR) is 96.0 cm³/mol. The highest BCUT2D eigenvalue weighted by Gasteiger charge is 2.18. The quantitative estimate of drug-likeness (QED) is 0.794. The second kappa shape index (κ2) is 9.85. The number of pyridine rings is 1. The number of nitrogens with one attached hydrogen (secondary N) is 1. The highest BCUT2D eigenvalue weighted by Crippen LogP contribution is 2.17. The van der Waals surface area contributed by atoms with Crippen LogP contribution in [0.3, 0.4) is 0 Å². The Kier molecular flexibility index (Phi) is 7.79. The van der Waals surface area contributed by atoms with Gasteiger partial charge in [0, 0.05) is 39.5 Å². The lowest BCUT2D eigenvalue weighted by Crippen LogP contribution is -2.35. The molecule has 0 spiro atoms. The summed E-state index contributed by atoms with van der Waals surface area (Å²) in [5.74, 6) is 1.01. The van der Waals surface area contributed by atoms with E-state index in [1.54, 1.807) is 7.11 Å². The smallest absolute Gasteiger partial charge is 0.128 e. The number of aromatic nitrogens is 1. The highest BCUT2D eigenvalue weighted by molar-refractivity contribution is 5.38. The molecule has 5 heteroatoms. The zero-order valence-electron chi connectivity index (χ0n) is 14.9. The van der Waals surface area contributed by atoms with Crippen molar-refractivity contribution in [2.75, 3.05) is 51.8 Å². The number of rotatable bonds is 8. The Morgan fingerprint density at radius 2 is 2.17 bits per heavy atom. The maximum atomic E-state index is 5.12. The molecule has 0 saturated carbocycles. The van der Waals surface area contributed by atoms with Crippen LogP contribution in [0.15, 0.2) is 18.3 Å². The molecule has 1 unspecified atom stereocenters. The van der Waals surface area contributed by atoms with Crippen LogP contribution in [0, 0.1) is 0 Å². The average molecular weight is 320 g/mol. The number of hydrogen-bond donors (Lipinski definition) is 1. The standard InChI is InChI=1S/C18H32N4O/c1-4-22(17-6-5-10-19-11-9-17)15-16-7-8-18(20-14-16)21(2)12-13-23-3/h7-8,14,17,19H,4-6,9-13,15H2,1-3H3. The van der Waals surface area contributed by atoms with Gasteiger partial charge in [0.1, 0.15) is 5.82 Å². The van der Waals surface area contributed by atoms with Gasteiger partial charge in [-0.05, 0) is 50.5 Å². The maximum Gasteiger partial charge on any atom is 0.128 e. The van der Waals surface area contributed by atoms with Crippen molar-refractivity contribution in [1.29, 1.82) is 0 Å². The Morgan fingerprint density at radius 3 is 2.87 bits per heavy atom. The monoisotopic (exact) mass is 320 g/mol. The van der Waals surface area contributed by atoms with Crippen molar-refractivity contribution < 1.29 is 4.74 Å². The molecule has 0 aromatic carbocycles. The fourth-order valence-corrected chi connectivity index (χ4v) is 3.18. The molecule has 1 fully saturated rings. The zero-order chi connectivity index (χ0) is 16.5. The van der Waals surface area contributed by atoms with Crippen molar-refractivity contribution in [1.82, 2.24) is 15.2 Å². The number of methoxy groups -OCH3 is 1. The molecule has 0 aliphatic carbocycles. The number of anilines is 1. The molecule has 1 aromatic rings. The normalized spacial score (nSPS) is 18.9. The first-order valence-electron chi connectivity index (χ1n) is 8.84. The van der Waals surface area contributed by atoms with Crippen LogP contribution in [0.1, 0.15) is 31.7 Å². The van der Waals surface area contributed by atoms with E-state index >= 15 is 0 Å². The minimum atomic E-state index is 0.694. The van der Waals surface area contributed by atoms with E-state index in [9.17, 15) is 0 Å². The van der Waals surface area contributed by atoms with Crippen LogP contribution in [0.2, 0.25) is 0 Å². The topological polar surface area (TPSA) is 40.6 Å². The van der Waals surface area contributed by atoms with E-state index in [0.29, 0.717) is 6.04 Å². The van der Waals surface area contributed by atoms with E-state index in [1.165, 1.54) is 24.8 Å². The molecule has 0 radical (unpaired) electrons. The molecule has 1 aromatic heterocycles. The van der Waals surface area contributed by atoms with Gasteiger partial charge in [-0.2, -0.15) is 0 Å².